The first-order valence-electron chi connectivity index (χ1n) is 9.19. The highest BCUT2D eigenvalue weighted by Gasteiger charge is 2.21. The first-order chi connectivity index (χ1) is 13.3. The van der Waals surface area contributed by atoms with Crippen LogP contribution in [0, 0.1) is 0 Å². The number of fused-ring (bicyclic) bond motifs is 1. The number of aliphatic hydroxyl groups excluding tert-OH is 1. The highest BCUT2D eigenvalue weighted by atomic mass is 16.7. The molecular weight excluding hydrogens is 338 g/mol. The SMILES string of the molecule is OC[C@H](N[C@H](Cc1ccccc1)c1ccc2c(c1)OCO2)c1ccccc1. The summed E-state index contributed by atoms with van der Waals surface area (Å²) in [4.78, 5) is 0. The minimum atomic E-state index is -0.148. The average Bonchev–Trinajstić information content (AvgIpc) is 3.20. The molecule has 0 amide bonds. The molecule has 138 valence electrons. The van der Waals surface area contributed by atoms with Gasteiger partial charge in [-0.05, 0) is 35.2 Å². The van der Waals surface area contributed by atoms with Crippen molar-refractivity contribution in [1.82, 2.24) is 5.32 Å². The minimum Gasteiger partial charge on any atom is -0.454 e. The van der Waals surface area contributed by atoms with Crippen LogP contribution in [0.5, 0.6) is 11.5 Å². The van der Waals surface area contributed by atoms with E-state index in [0.29, 0.717) is 0 Å². The summed E-state index contributed by atoms with van der Waals surface area (Å²) >= 11 is 0. The maximum atomic E-state index is 9.99. The number of ether oxygens (including phenoxy) is 2. The normalized spacial score (nSPS) is 14.7. The molecule has 2 N–H and O–H groups in total. The van der Waals surface area contributed by atoms with Gasteiger partial charge in [0.15, 0.2) is 11.5 Å². The molecule has 1 aliphatic rings. The third kappa shape index (κ3) is 4.13. The van der Waals surface area contributed by atoms with Gasteiger partial charge in [-0.1, -0.05) is 66.7 Å². The number of rotatable bonds is 7. The lowest BCUT2D eigenvalue weighted by atomic mass is 9.96. The van der Waals surface area contributed by atoms with Gasteiger partial charge in [0.1, 0.15) is 0 Å². The van der Waals surface area contributed by atoms with Crippen molar-refractivity contribution in [1.29, 1.82) is 0 Å². The summed E-state index contributed by atoms with van der Waals surface area (Å²) in [7, 11) is 0. The first kappa shape index (κ1) is 17.6. The summed E-state index contributed by atoms with van der Waals surface area (Å²) in [6, 6.07) is 26.3. The molecule has 0 radical (unpaired) electrons. The van der Waals surface area contributed by atoms with Crippen LogP contribution < -0.4 is 14.8 Å². The van der Waals surface area contributed by atoms with Crippen molar-refractivity contribution in [2.45, 2.75) is 18.5 Å². The number of hydrogen-bond acceptors (Lipinski definition) is 4. The Hall–Kier alpha value is -2.82. The molecule has 0 bridgehead atoms. The van der Waals surface area contributed by atoms with Crippen molar-refractivity contribution in [3.05, 3.63) is 95.6 Å². The lowest BCUT2D eigenvalue weighted by Crippen LogP contribution is -2.30. The summed E-state index contributed by atoms with van der Waals surface area (Å²) < 4.78 is 11.0. The number of hydrogen-bond donors (Lipinski definition) is 2. The Morgan fingerprint density at radius 3 is 2.22 bits per heavy atom. The zero-order valence-corrected chi connectivity index (χ0v) is 15.0. The Labute approximate surface area is 159 Å². The predicted octanol–water partition coefficient (Wildman–Crippen LogP) is 4.02. The first-order valence-corrected chi connectivity index (χ1v) is 9.19. The van der Waals surface area contributed by atoms with Crippen molar-refractivity contribution in [2.24, 2.45) is 0 Å². The Morgan fingerprint density at radius 1 is 0.778 bits per heavy atom. The van der Waals surface area contributed by atoms with E-state index in [2.05, 4.69) is 23.5 Å². The largest absolute Gasteiger partial charge is 0.454 e. The van der Waals surface area contributed by atoms with E-state index in [1.165, 1.54) is 5.56 Å². The molecule has 0 unspecified atom stereocenters. The Balaban J connectivity index is 1.63. The molecule has 0 aromatic heterocycles. The van der Waals surface area contributed by atoms with Crippen LogP contribution in [0.15, 0.2) is 78.9 Å². The molecule has 4 nitrogen and oxygen atoms in total. The highest BCUT2D eigenvalue weighted by molar-refractivity contribution is 5.45. The zero-order chi connectivity index (χ0) is 18.5. The molecule has 3 aromatic carbocycles. The van der Waals surface area contributed by atoms with Crippen LogP contribution in [-0.2, 0) is 6.42 Å². The number of aliphatic hydroxyl groups is 1. The van der Waals surface area contributed by atoms with E-state index >= 15 is 0 Å². The van der Waals surface area contributed by atoms with E-state index in [4.69, 9.17) is 9.47 Å². The van der Waals surface area contributed by atoms with Gasteiger partial charge in [-0.2, -0.15) is 0 Å². The standard InChI is InChI=1S/C23H23NO3/c25-15-21(18-9-5-2-6-10-18)24-20(13-17-7-3-1-4-8-17)19-11-12-22-23(14-19)27-16-26-22/h1-12,14,20-21,24-25H,13,15-16H2/t20-,21+/m1/s1. The second-order valence-electron chi connectivity index (χ2n) is 6.67. The molecule has 0 fully saturated rings. The summed E-state index contributed by atoms with van der Waals surface area (Å²) in [6.45, 7) is 0.290. The van der Waals surface area contributed by atoms with Crippen LogP contribution in [0.4, 0.5) is 0 Å². The zero-order valence-electron chi connectivity index (χ0n) is 15.0. The lowest BCUT2D eigenvalue weighted by molar-refractivity contribution is 0.174. The van der Waals surface area contributed by atoms with Crippen molar-refractivity contribution >= 4 is 0 Å². The lowest BCUT2D eigenvalue weighted by Gasteiger charge is -2.26. The molecule has 0 saturated carbocycles. The van der Waals surface area contributed by atoms with Crippen molar-refractivity contribution < 1.29 is 14.6 Å². The number of nitrogens with one attached hydrogen (secondary N) is 1. The van der Waals surface area contributed by atoms with E-state index in [1.807, 2.05) is 60.7 Å². The fraction of sp³-hybridized carbons (Fsp3) is 0.217. The van der Waals surface area contributed by atoms with Crippen molar-refractivity contribution in [3.8, 4) is 11.5 Å². The molecule has 27 heavy (non-hydrogen) atoms. The molecule has 0 aliphatic carbocycles. The highest BCUT2D eigenvalue weighted by Crippen LogP contribution is 2.35. The minimum absolute atomic E-state index is 0.0271. The van der Waals surface area contributed by atoms with Crippen LogP contribution in [0.25, 0.3) is 0 Å². The van der Waals surface area contributed by atoms with Gasteiger partial charge >= 0.3 is 0 Å². The van der Waals surface area contributed by atoms with Crippen molar-refractivity contribution in [3.63, 3.8) is 0 Å². The average molecular weight is 361 g/mol. The second-order valence-corrected chi connectivity index (χ2v) is 6.67. The fourth-order valence-corrected chi connectivity index (χ4v) is 3.44. The Morgan fingerprint density at radius 2 is 1.48 bits per heavy atom. The smallest absolute Gasteiger partial charge is 0.231 e. The molecule has 1 heterocycles. The van der Waals surface area contributed by atoms with E-state index in [9.17, 15) is 5.11 Å². The quantitative estimate of drug-likeness (QED) is 0.667. The third-order valence-corrected chi connectivity index (χ3v) is 4.87. The molecule has 0 saturated heterocycles. The summed E-state index contributed by atoms with van der Waals surface area (Å²) in [5.41, 5.74) is 3.41. The van der Waals surface area contributed by atoms with Crippen LogP contribution in [0.1, 0.15) is 28.8 Å². The van der Waals surface area contributed by atoms with Crippen molar-refractivity contribution in [2.75, 3.05) is 13.4 Å². The maximum Gasteiger partial charge on any atom is 0.231 e. The van der Waals surface area contributed by atoms with Gasteiger partial charge in [-0.15, -0.1) is 0 Å². The van der Waals surface area contributed by atoms with Gasteiger partial charge in [0.05, 0.1) is 12.6 Å². The summed E-state index contributed by atoms with van der Waals surface area (Å²) in [5, 5.41) is 13.6. The van der Waals surface area contributed by atoms with Gasteiger partial charge < -0.3 is 19.9 Å². The van der Waals surface area contributed by atoms with Crippen LogP contribution in [0.2, 0.25) is 0 Å². The topological polar surface area (TPSA) is 50.7 Å². The predicted molar refractivity (Wildman–Crippen MR) is 105 cm³/mol. The molecule has 0 spiro atoms. The molecule has 4 rings (SSSR count). The van der Waals surface area contributed by atoms with Crippen LogP contribution in [-0.4, -0.2) is 18.5 Å². The third-order valence-electron chi connectivity index (χ3n) is 4.87. The molecule has 4 heteroatoms. The van der Waals surface area contributed by atoms with E-state index in [-0.39, 0.29) is 25.5 Å². The number of benzene rings is 3. The second kappa shape index (κ2) is 8.25. The van der Waals surface area contributed by atoms with Crippen LogP contribution >= 0.6 is 0 Å². The van der Waals surface area contributed by atoms with E-state index in [0.717, 1.165) is 29.0 Å². The molecule has 1 aliphatic heterocycles. The molecule has 2 atom stereocenters. The fourth-order valence-electron chi connectivity index (χ4n) is 3.44. The summed E-state index contributed by atoms with van der Waals surface area (Å²) in [6.07, 6.45) is 0.809. The molecule has 3 aromatic rings. The Kier molecular flexibility index (Phi) is 5.37. The van der Waals surface area contributed by atoms with Gasteiger partial charge in [-0.25, -0.2) is 0 Å². The Bertz CT molecular complexity index is 867. The van der Waals surface area contributed by atoms with E-state index < -0.39 is 0 Å². The van der Waals surface area contributed by atoms with Gasteiger partial charge in [0, 0.05) is 6.04 Å². The monoisotopic (exact) mass is 361 g/mol. The molecular formula is C23H23NO3. The van der Waals surface area contributed by atoms with Gasteiger partial charge in [-0.3, -0.25) is 0 Å². The van der Waals surface area contributed by atoms with Gasteiger partial charge in [0.25, 0.3) is 0 Å². The summed E-state index contributed by atoms with van der Waals surface area (Å²) in [5.74, 6) is 1.55. The van der Waals surface area contributed by atoms with Crippen LogP contribution in [0.3, 0.4) is 0 Å². The van der Waals surface area contributed by atoms with Gasteiger partial charge in [0.2, 0.25) is 6.79 Å². The maximum absolute atomic E-state index is 9.99. The van der Waals surface area contributed by atoms with E-state index in [1.54, 1.807) is 0 Å².